The molecule has 78 valence electrons. The molecule has 0 N–H and O–H groups in total. The first kappa shape index (κ1) is 9.16. The van der Waals surface area contributed by atoms with E-state index in [4.69, 9.17) is 0 Å². The van der Waals surface area contributed by atoms with Crippen molar-refractivity contribution in [2.24, 2.45) is 0 Å². The number of aromatic nitrogens is 2. The summed E-state index contributed by atoms with van der Waals surface area (Å²) in [5, 5.41) is 0. The highest BCUT2D eigenvalue weighted by Crippen LogP contribution is 2.24. The van der Waals surface area contributed by atoms with Crippen LogP contribution in [0.15, 0.2) is 55.1 Å². The number of nitrogens with zero attached hydrogens (tertiary/aromatic N) is 2. The predicted octanol–water partition coefficient (Wildman–Crippen LogP) is 3.31. The number of rotatable bonds is 1. The Kier molecular flexibility index (Phi) is 2.00. The molecule has 0 bridgehead atoms. The molecule has 0 aliphatic rings. The number of aryl methyl sites for hydroxylation is 1. The van der Waals surface area contributed by atoms with Gasteiger partial charge in [-0.05, 0) is 18.6 Å². The summed E-state index contributed by atoms with van der Waals surface area (Å²) in [6.07, 6.45) is 5.74. The lowest BCUT2D eigenvalue weighted by molar-refractivity contribution is 1.15. The van der Waals surface area contributed by atoms with Crippen molar-refractivity contribution in [3.63, 3.8) is 0 Å². The zero-order valence-corrected chi connectivity index (χ0v) is 9.09. The molecule has 0 spiro atoms. The summed E-state index contributed by atoms with van der Waals surface area (Å²) in [7, 11) is 0. The van der Waals surface area contributed by atoms with Crippen molar-refractivity contribution in [3.05, 3.63) is 60.7 Å². The molecule has 2 heterocycles. The van der Waals surface area contributed by atoms with E-state index in [2.05, 4.69) is 42.2 Å². The van der Waals surface area contributed by atoms with Crippen LogP contribution in [0.5, 0.6) is 0 Å². The number of pyridine rings is 1. The molecule has 1 aromatic carbocycles. The fourth-order valence-corrected chi connectivity index (χ4v) is 1.93. The fraction of sp³-hybridized carbons (Fsp3) is 0.0714. The van der Waals surface area contributed by atoms with E-state index in [0.717, 1.165) is 5.52 Å². The van der Waals surface area contributed by atoms with Gasteiger partial charge in [0.15, 0.2) is 0 Å². The number of benzene rings is 1. The Balaban J connectivity index is 2.25. The van der Waals surface area contributed by atoms with Crippen LogP contribution in [-0.4, -0.2) is 9.38 Å². The standard InChI is InChI=1S/C14H12N2/c1-11-4-6-12(7-5-11)13-3-2-8-16-10-15-9-14(13)16/h2-10H,1H3. The van der Waals surface area contributed by atoms with Crippen LogP contribution < -0.4 is 0 Å². The quantitative estimate of drug-likeness (QED) is 0.599. The highest BCUT2D eigenvalue weighted by atomic mass is 15.0. The minimum Gasteiger partial charge on any atom is -0.306 e. The maximum atomic E-state index is 4.17. The molecule has 0 aliphatic carbocycles. The zero-order valence-electron chi connectivity index (χ0n) is 9.09. The van der Waals surface area contributed by atoms with Crippen molar-refractivity contribution in [2.45, 2.75) is 6.92 Å². The number of hydrogen-bond donors (Lipinski definition) is 0. The van der Waals surface area contributed by atoms with Gasteiger partial charge in [-0.3, -0.25) is 0 Å². The van der Waals surface area contributed by atoms with Gasteiger partial charge < -0.3 is 4.40 Å². The third-order valence-electron chi connectivity index (χ3n) is 2.81. The van der Waals surface area contributed by atoms with Gasteiger partial charge in [0.1, 0.15) is 0 Å². The van der Waals surface area contributed by atoms with E-state index in [1.165, 1.54) is 16.7 Å². The minimum absolute atomic E-state index is 1.14. The second-order valence-corrected chi connectivity index (χ2v) is 3.97. The summed E-state index contributed by atoms with van der Waals surface area (Å²) in [5.74, 6) is 0. The SMILES string of the molecule is Cc1ccc(-c2cccn3cncc23)cc1. The van der Waals surface area contributed by atoms with Crippen molar-refractivity contribution in [2.75, 3.05) is 0 Å². The first-order valence-corrected chi connectivity index (χ1v) is 5.32. The lowest BCUT2D eigenvalue weighted by atomic mass is 10.0. The molecule has 0 saturated carbocycles. The first-order chi connectivity index (χ1) is 7.84. The average Bonchev–Trinajstić information content (AvgIpc) is 2.78. The molecule has 0 unspecified atom stereocenters. The van der Waals surface area contributed by atoms with Crippen molar-refractivity contribution in [1.29, 1.82) is 0 Å². The van der Waals surface area contributed by atoms with Crippen molar-refractivity contribution >= 4 is 5.52 Å². The number of imidazole rings is 1. The van der Waals surface area contributed by atoms with Gasteiger partial charge in [0, 0.05) is 11.8 Å². The van der Waals surface area contributed by atoms with Crippen LogP contribution in [0.3, 0.4) is 0 Å². The lowest BCUT2D eigenvalue weighted by Crippen LogP contribution is -1.85. The third-order valence-corrected chi connectivity index (χ3v) is 2.81. The largest absolute Gasteiger partial charge is 0.306 e. The molecule has 2 heteroatoms. The number of fused-ring (bicyclic) bond motifs is 1. The minimum atomic E-state index is 1.14. The van der Waals surface area contributed by atoms with Gasteiger partial charge in [-0.15, -0.1) is 0 Å². The fourth-order valence-electron chi connectivity index (χ4n) is 1.93. The van der Waals surface area contributed by atoms with Crippen LogP contribution in [0.1, 0.15) is 5.56 Å². The monoisotopic (exact) mass is 208 g/mol. The van der Waals surface area contributed by atoms with Crippen molar-refractivity contribution in [1.82, 2.24) is 9.38 Å². The second kappa shape index (κ2) is 3.49. The molecule has 0 radical (unpaired) electrons. The van der Waals surface area contributed by atoms with Crippen molar-refractivity contribution < 1.29 is 0 Å². The van der Waals surface area contributed by atoms with E-state index in [9.17, 15) is 0 Å². The highest BCUT2D eigenvalue weighted by molar-refractivity contribution is 5.79. The summed E-state index contributed by atoms with van der Waals surface area (Å²) in [4.78, 5) is 4.17. The second-order valence-electron chi connectivity index (χ2n) is 3.97. The van der Waals surface area contributed by atoms with Gasteiger partial charge in [0.05, 0.1) is 18.0 Å². The van der Waals surface area contributed by atoms with Crippen LogP contribution in [-0.2, 0) is 0 Å². The Labute approximate surface area is 94.2 Å². The molecule has 0 aliphatic heterocycles. The Hall–Kier alpha value is -2.09. The molecule has 3 aromatic rings. The summed E-state index contributed by atoms with van der Waals surface area (Å²) >= 11 is 0. The van der Waals surface area contributed by atoms with Crippen LogP contribution in [0.25, 0.3) is 16.6 Å². The smallest absolute Gasteiger partial charge is 0.0992 e. The molecule has 2 aromatic heterocycles. The van der Waals surface area contributed by atoms with E-state index in [0.29, 0.717) is 0 Å². The van der Waals surface area contributed by atoms with Gasteiger partial charge in [0.25, 0.3) is 0 Å². The Morgan fingerprint density at radius 1 is 1.06 bits per heavy atom. The van der Waals surface area contributed by atoms with Gasteiger partial charge in [-0.1, -0.05) is 35.9 Å². The van der Waals surface area contributed by atoms with Crippen LogP contribution in [0, 0.1) is 6.92 Å². The summed E-state index contributed by atoms with van der Waals surface area (Å²) in [5.41, 5.74) is 4.88. The van der Waals surface area contributed by atoms with Crippen LogP contribution >= 0.6 is 0 Å². The lowest BCUT2D eigenvalue weighted by Gasteiger charge is -2.04. The third kappa shape index (κ3) is 1.39. The molecule has 3 rings (SSSR count). The van der Waals surface area contributed by atoms with Crippen molar-refractivity contribution in [3.8, 4) is 11.1 Å². The van der Waals surface area contributed by atoms with E-state index < -0.39 is 0 Å². The number of hydrogen-bond acceptors (Lipinski definition) is 1. The normalized spacial score (nSPS) is 10.8. The van der Waals surface area contributed by atoms with E-state index in [1.807, 2.05) is 29.2 Å². The molecule has 0 atom stereocenters. The highest BCUT2D eigenvalue weighted by Gasteiger charge is 2.03. The molecule has 16 heavy (non-hydrogen) atoms. The Bertz CT molecular complexity index is 621. The van der Waals surface area contributed by atoms with Crippen LogP contribution in [0.2, 0.25) is 0 Å². The Morgan fingerprint density at radius 3 is 2.69 bits per heavy atom. The molecule has 0 amide bonds. The summed E-state index contributed by atoms with van der Waals surface area (Å²) < 4.78 is 2.04. The predicted molar refractivity (Wildman–Crippen MR) is 65.4 cm³/mol. The molecule has 0 saturated heterocycles. The first-order valence-electron chi connectivity index (χ1n) is 5.32. The average molecular weight is 208 g/mol. The van der Waals surface area contributed by atoms with Gasteiger partial charge in [-0.25, -0.2) is 4.98 Å². The van der Waals surface area contributed by atoms with E-state index >= 15 is 0 Å². The summed E-state index contributed by atoms with van der Waals surface area (Å²) in [6.45, 7) is 2.10. The van der Waals surface area contributed by atoms with Gasteiger partial charge >= 0.3 is 0 Å². The zero-order chi connectivity index (χ0) is 11.0. The topological polar surface area (TPSA) is 17.3 Å². The van der Waals surface area contributed by atoms with Gasteiger partial charge in [-0.2, -0.15) is 0 Å². The molecule has 2 nitrogen and oxygen atoms in total. The van der Waals surface area contributed by atoms with E-state index in [1.54, 1.807) is 0 Å². The molecular weight excluding hydrogens is 196 g/mol. The Morgan fingerprint density at radius 2 is 1.88 bits per heavy atom. The van der Waals surface area contributed by atoms with Gasteiger partial charge in [0.2, 0.25) is 0 Å². The molecule has 0 fully saturated rings. The molecular formula is C14H12N2. The maximum absolute atomic E-state index is 4.17. The van der Waals surface area contributed by atoms with E-state index in [-0.39, 0.29) is 0 Å². The summed E-state index contributed by atoms with van der Waals surface area (Å²) in [6, 6.07) is 12.7. The maximum Gasteiger partial charge on any atom is 0.0992 e. The van der Waals surface area contributed by atoms with Crippen LogP contribution in [0.4, 0.5) is 0 Å².